The molecule has 0 bridgehead atoms. The van der Waals surface area contributed by atoms with Gasteiger partial charge in [-0.1, -0.05) is 41.9 Å². The highest BCUT2D eigenvalue weighted by molar-refractivity contribution is 6.31. The van der Waals surface area contributed by atoms with Crippen molar-refractivity contribution >= 4 is 22.4 Å². The fourth-order valence-electron chi connectivity index (χ4n) is 2.74. The molecule has 21 heavy (non-hydrogen) atoms. The van der Waals surface area contributed by atoms with Crippen LogP contribution in [-0.2, 0) is 0 Å². The lowest BCUT2D eigenvalue weighted by atomic mass is 9.94. The highest BCUT2D eigenvalue weighted by Crippen LogP contribution is 2.30. The largest absolute Gasteiger partial charge is 0.309 e. The fourth-order valence-corrected chi connectivity index (χ4v) is 2.86. The molecule has 1 aromatic heterocycles. The molecule has 0 fully saturated rings. The van der Waals surface area contributed by atoms with Crippen molar-refractivity contribution in [2.75, 3.05) is 7.05 Å². The molecule has 1 heterocycles. The van der Waals surface area contributed by atoms with Crippen molar-refractivity contribution in [3.8, 4) is 0 Å². The van der Waals surface area contributed by atoms with E-state index in [-0.39, 0.29) is 6.04 Å². The molecule has 0 saturated heterocycles. The van der Waals surface area contributed by atoms with Gasteiger partial charge in [-0.05, 0) is 48.2 Å². The number of fused-ring (bicyclic) bond motifs is 1. The summed E-state index contributed by atoms with van der Waals surface area (Å²) in [6.07, 6.45) is 3.75. The minimum atomic E-state index is 0.119. The van der Waals surface area contributed by atoms with Crippen molar-refractivity contribution in [1.82, 2.24) is 10.3 Å². The molecule has 0 aliphatic heterocycles. The van der Waals surface area contributed by atoms with Gasteiger partial charge in [0, 0.05) is 22.8 Å². The molecular weight excluding hydrogens is 280 g/mol. The summed E-state index contributed by atoms with van der Waals surface area (Å²) in [7, 11) is 1.98. The summed E-state index contributed by atoms with van der Waals surface area (Å²) in [6.45, 7) is 2.03. The van der Waals surface area contributed by atoms with Crippen molar-refractivity contribution in [1.29, 1.82) is 0 Å². The van der Waals surface area contributed by atoms with Crippen molar-refractivity contribution in [3.63, 3.8) is 0 Å². The van der Waals surface area contributed by atoms with Gasteiger partial charge in [-0.25, -0.2) is 0 Å². The van der Waals surface area contributed by atoms with E-state index < -0.39 is 0 Å². The maximum Gasteiger partial charge on any atom is 0.0581 e. The van der Waals surface area contributed by atoms with Crippen LogP contribution in [0.2, 0.25) is 5.02 Å². The summed E-state index contributed by atoms with van der Waals surface area (Å²) >= 11 is 6.14. The molecule has 3 rings (SSSR count). The van der Waals surface area contributed by atoms with Gasteiger partial charge in [0.25, 0.3) is 0 Å². The highest BCUT2D eigenvalue weighted by Gasteiger charge is 2.15. The quantitative estimate of drug-likeness (QED) is 0.769. The third-order valence-electron chi connectivity index (χ3n) is 3.83. The van der Waals surface area contributed by atoms with Crippen molar-refractivity contribution in [3.05, 3.63) is 76.6 Å². The van der Waals surface area contributed by atoms with Gasteiger partial charge in [-0.2, -0.15) is 0 Å². The summed E-state index contributed by atoms with van der Waals surface area (Å²) in [6, 6.07) is 14.7. The standard InChI is InChI=1S/C18H17ClN2/c1-12-10-14(6-7-17(12)19)18(20-2)15-5-3-4-13-8-9-21-11-16(13)15/h3-11,18,20H,1-2H3. The Kier molecular flexibility index (Phi) is 3.91. The van der Waals surface area contributed by atoms with E-state index in [4.69, 9.17) is 11.6 Å². The second-order valence-electron chi connectivity index (χ2n) is 5.17. The molecule has 2 aromatic carbocycles. The number of hydrogen-bond acceptors (Lipinski definition) is 2. The second-order valence-corrected chi connectivity index (χ2v) is 5.58. The average molecular weight is 297 g/mol. The summed E-state index contributed by atoms with van der Waals surface area (Å²) in [5.74, 6) is 0. The lowest BCUT2D eigenvalue weighted by molar-refractivity contribution is 0.696. The van der Waals surface area contributed by atoms with E-state index in [0.29, 0.717) is 0 Å². The minimum absolute atomic E-state index is 0.119. The smallest absolute Gasteiger partial charge is 0.0581 e. The SMILES string of the molecule is CNC(c1ccc(Cl)c(C)c1)c1cccc2ccncc12. The number of benzene rings is 2. The van der Waals surface area contributed by atoms with Crippen molar-refractivity contribution in [2.24, 2.45) is 0 Å². The Bertz CT molecular complexity index is 778. The van der Waals surface area contributed by atoms with Gasteiger partial charge < -0.3 is 5.32 Å². The summed E-state index contributed by atoms with van der Waals surface area (Å²) in [5, 5.41) is 6.58. The van der Waals surface area contributed by atoms with Crippen LogP contribution in [0.4, 0.5) is 0 Å². The van der Waals surface area contributed by atoms with E-state index in [1.165, 1.54) is 21.9 Å². The molecular formula is C18H17ClN2. The van der Waals surface area contributed by atoms with Crippen LogP contribution >= 0.6 is 11.6 Å². The molecule has 2 nitrogen and oxygen atoms in total. The summed E-state index contributed by atoms with van der Waals surface area (Å²) < 4.78 is 0. The molecule has 0 spiro atoms. The molecule has 0 amide bonds. The number of nitrogens with zero attached hydrogens (tertiary/aromatic N) is 1. The predicted octanol–water partition coefficient (Wildman–Crippen LogP) is 4.51. The fraction of sp³-hybridized carbons (Fsp3) is 0.167. The van der Waals surface area contributed by atoms with Gasteiger partial charge >= 0.3 is 0 Å². The lowest BCUT2D eigenvalue weighted by Crippen LogP contribution is -2.18. The van der Waals surface area contributed by atoms with Crippen molar-refractivity contribution in [2.45, 2.75) is 13.0 Å². The van der Waals surface area contributed by atoms with Crippen LogP contribution in [0, 0.1) is 6.92 Å². The normalized spacial score (nSPS) is 12.5. The zero-order valence-electron chi connectivity index (χ0n) is 12.1. The van der Waals surface area contributed by atoms with Gasteiger partial charge in [0.05, 0.1) is 6.04 Å². The first-order valence-electron chi connectivity index (χ1n) is 6.96. The van der Waals surface area contributed by atoms with Gasteiger partial charge in [0.1, 0.15) is 0 Å². The third-order valence-corrected chi connectivity index (χ3v) is 4.26. The Morgan fingerprint density at radius 3 is 2.76 bits per heavy atom. The van der Waals surface area contributed by atoms with Crippen LogP contribution < -0.4 is 5.32 Å². The second kappa shape index (κ2) is 5.84. The monoisotopic (exact) mass is 296 g/mol. The molecule has 1 atom stereocenters. The number of hydrogen-bond donors (Lipinski definition) is 1. The van der Waals surface area contributed by atoms with Gasteiger partial charge in [-0.3, -0.25) is 4.98 Å². The number of nitrogens with one attached hydrogen (secondary N) is 1. The Morgan fingerprint density at radius 2 is 2.00 bits per heavy atom. The lowest BCUT2D eigenvalue weighted by Gasteiger charge is -2.20. The van der Waals surface area contributed by atoms with E-state index in [9.17, 15) is 0 Å². The maximum absolute atomic E-state index is 6.14. The third kappa shape index (κ3) is 2.65. The highest BCUT2D eigenvalue weighted by atomic mass is 35.5. The van der Waals surface area contributed by atoms with Gasteiger partial charge in [-0.15, -0.1) is 0 Å². The predicted molar refractivity (Wildman–Crippen MR) is 88.8 cm³/mol. The van der Waals surface area contributed by atoms with Crippen LogP contribution in [0.25, 0.3) is 10.8 Å². The Labute approximate surface area is 129 Å². The number of aromatic nitrogens is 1. The van der Waals surface area contributed by atoms with Gasteiger partial charge in [0.15, 0.2) is 0 Å². The zero-order valence-corrected chi connectivity index (χ0v) is 12.9. The maximum atomic E-state index is 6.14. The minimum Gasteiger partial charge on any atom is -0.309 e. The summed E-state index contributed by atoms with van der Waals surface area (Å²) in [5.41, 5.74) is 3.52. The molecule has 0 aliphatic rings. The van der Waals surface area contributed by atoms with E-state index in [1.54, 1.807) is 0 Å². The molecule has 3 heteroatoms. The Hall–Kier alpha value is -1.90. The van der Waals surface area contributed by atoms with E-state index >= 15 is 0 Å². The molecule has 3 aromatic rings. The summed E-state index contributed by atoms with van der Waals surface area (Å²) in [4.78, 5) is 4.27. The molecule has 106 valence electrons. The van der Waals surface area contributed by atoms with Crippen LogP contribution in [0.1, 0.15) is 22.7 Å². The van der Waals surface area contributed by atoms with Crippen LogP contribution in [0.5, 0.6) is 0 Å². The van der Waals surface area contributed by atoms with Crippen LogP contribution in [0.3, 0.4) is 0 Å². The molecule has 1 unspecified atom stereocenters. The first-order chi connectivity index (χ1) is 10.2. The van der Waals surface area contributed by atoms with E-state index in [2.05, 4.69) is 40.6 Å². The number of aryl methyl sites for hydroxylation is 1. The van der Waals surface area contributed by atoms with Gasteiger partial charge in [0.2, 0.25) is 0 Å². The first kappa shape index (κ1) is 14.1. The molecule has 0 radical (unpaired) electrons. The number of halogens is 1. The van der Waals surface area contributed by atoms with E-state index in [1.807, 2.05) is 38.5 Å². The number of rotatable bonds is 3. The number of pyridine rings is 1. The Balaban J connectivity index is 2.16. The van der Waals surface area contributed by atoms with Crippen LogP contribution in [0.15, 0.2) is 54.9 Å². The van der Waals surface area contributed by atoms with E-state index in [0.717, 1.165) is 10.6 Å². The van der Waals surface area contributed by atoms with Crippen LogP contribution in [-0.4, -0.2) is 12.0 Å². The average Bonchev–Trinajstić information content (AvgIpc) is 2.52. The topological polar surface area (TPSA) is 24.9 Å². The Morgan fingerprint density at radius 1 is 1.14 bits per heavy atom. The molecule has 1 N–H and O–H groups in total. The zero-order chi connectivity index (χ0) is 14.8. The van der Waals surface area contributed by atoms with Crippen molar-refractivity contribution < 1.29 is 0 Å². The molecule has 0 aliphatic carbocycles. The molecule has 0 saturated carbocycles. The first-order valence-corrected chi connectivity index (χ1v) is 7.34.